The summed E-state index contributed by atoms with van der Waals surface area (Å²) in [4.78, 5) is 9.49. The maximum absolute atomic E-state index is 4.75. The number of anilines is 1. The molecule has 0 saturated carbocycles. The maximum atomic E-state index is 4.75. The van der Waals surface area contributed by atoms with Crippen LogP contribution >= 0.6 is 22.6 Å². The van der Waals surface area contributed by atoms with E-state index >= 15 is 0 Å². The molecule has 0 spiro atoms. The summed E-state index contributed by atoms with van der Waals surface area (Å²) in [6.07, 6.45) is 2.00. The highest BCUT2D eigenvalue weighted by Gasteiger charge is 2.12. The van der Waals surface area contributed by atoms with E-state index in [9.17, 15) is 0 Å². The highest BCUT2D eigenvalue weighted by molar-refractivity contribution is 14.1. The van der Waals surface area contributed by atoms with Crippen molar-refractivity contribution in [2.75, 3.05) is 11.9 Å². The lowest BCUT2D eigenvalue weighted by atomic mass is 10.1. The zero-order chi connectivity index (χ0) is 15.4. The van der Waals surface area contributed by atoms with Crippen molar-refractivity contribution < 1.29 is 0 Å². The molecule has 21 heavy (non-hydrogen) atoms. The van der Waals surface area contributed by atoms with E-state index in [0.29, 0.717) is 0 Å². The molecule has 0 aliphatic heterocycles. The molecule has 1 heterocycles. The fraction of sp³-hybridized carbons (Fsp3) is 0.412. The van der Waals surface area contributed by atoms with Crippen LogP contribution in [0.3, 0.4) is 0 Å². The second-order valence-corrected chi connectivity index (χ2v) is 6.39. The second-order valence-electron chi connectivity index (χ2n) is 5.31. The largest absolute Gasteiger partial charge is 0.369 e. The number of aromatic nitrogens is 2. The van der Waals surface area contributed by atoms with Crippen molar-refractivity contribution in [2.45, 2.75) is 40.5 Å². The van der Waals surface area contributed by atoms with Crippen molar-refractivity contribution in [3.8, 4) is 11.4 Å². The molecule has 2 rings (SSSR count). The lowest BCUT2D eigenvalue weighted by Crippen LogP contribution is -2.09. The van der Waals surface area contributed by atoms with Crippen LogP contribution in [0.4, 0.5) is 5.82 Å². The molecule has 0 fully saturated rings. The van der Waals surface area contributed by atoms with E-state index in [1.807, 2.05) is 0 Å². The van der Waals surface area contributed by atoms with Gasteiger partial charge in [0, 0.05) is 12.1 Å². The number of halogens is 1. The standard InChI is InChI=1S/C17H22IN3/c1-5-7-19-17-15(18)14(6-2)20-16(21-17)13-9-11(3)8-12(4)10-13/h8-10H,5-7H2,1-4H3,(H,19,20,21). The van der Waals surface area contributed by atoms with Gasteiger partial charge in [0.25, 0.3) is 0 Å². The molecule has 1 N–H and O–H groups in total. The van der Waals surface area contributed by atoms with Gasteiger partial charge in [0.05, 0.1) is 9.26 Å². The summed E-state index contributed by atoms with van der Waals surface area (Å²) in [5.74, 6) is 1.77. The molecule has 0 atom stereocenters. The van der Waals surface area contributed by atoms with Gasteiger partial charge in [0.15, 0.2) is 5.82 Å². The molecule has 0 saturated heterocycles. The van der Waals surface area contributed by atoms with Crippen LogP contribution in [-0.2, 0) is 6.42 Å². The van der Waals surface area contributed by atoms with Gasteiger partial charge < -0.3 is 5.32 Å². The summed E-state index contributed by atoms with van der Waals surface area (Å²) in [7, 11) is 0. The Morgan fingerprint density at radius 1 is 1.05 bits per heavy atom. The van der Waals surface area contributed by atoms with Crippen LogP contribution in [0.5, 0.6) is 0 Å². The highest BCUT2D eigenvalue weighted by Crippen LogP contribution is 2.25. The van der Waals surface area contributed by atoms with Crippen LogP contribution < -0.4 is 5.32 Å². The minimum absolute atomic E-state index is 0.817. The van der Waals surface area contributed by atoms with Crippen molar-refractivity contribution in [3.05, 3.63) is 38.6 Å². The van der Waals surface area contributed by atoms with Crippen molar-refractivity contribution >= 4 is 28.4 Å². The number of nitrogens with zero attached hydrogens (tertiary/aromatic N) is 2. The van der Waals surface area contributed by atoms with Gasteiger partial charge in [-0.3, -0.25) is 0 Å². The van der Waals surface area contributed by atoms with E-state index in [-0.39, 0.29) is 0 Å². The van der Waals surface area contributed by atoms with Crippen LogP contribution in [0, 0.1) is 17.4 Å². The monoisotopic (exact) mass is 395 g/mol. The normalized spacial score (nSPS) is 10.7. The van der Waals surface area contributed by atoms with E-state index < -0.39 is 0 Å². The predicted molar refractivity (Wildman–Crippen MR) is 97.8 cm³/mol. The third kappa shape index (κ3) is 3.93. The van der Waals surface area contributed by atoms with E-state index in [1.54, 1.807) is 0 Å². The Labute approximate surface area is 140 Å². The van der Waals surface area contributed by atoms with Crippen LogP contribution in [0.2, 0.25) is 0 Å². The van der Waals surface area contributed by atoms with Crippen LogP contribution in [0.25, 0.3) is 11.4 Å². The van der Waals surface area contributed by atoms with Gasteiger partial charge in [-0.1, -0.05) is 31.0 Å². The Morgan fingerprint density at radius 2 is 1.71 bits per heavy atom. The van der Waals surface area contributed by atoms with Crippen LogP contribution in [0.1, 0.15) is 37.1 Å². The minimum Gasteiger partial charge on any atom is -0.369 e. The summed E-state index contributed by atoms with van der Waals surface area (Å²) >= 11 is 2.34. The van der Waals surface area contributed by atoms with E-state index in [2.05, 4.69) is 73.8 Å². The quantitative estimate of drug-likeness (QED) is 0.743. The first-order chi connectivity index (χ1) is 10.0. The third-order valence-electron chi connectivity index (χ3n) is 3.28. The Hall–Kier alpha value is -1.17. The maximum Gasteiger partial charge on any atom is 0.161 e. The first kappa shape index (κ1) is 16.2. The number of benzene rings is 1. The smallest absolute Gasteiger partial charge is 0.161 e. The fourth-order valence-electron chi connectivity index (χ4n) is 2.32. The van der Waals surface area contributed by atoms with Gasteiger partial charge >= 0.3 is 0 Å². The Morgan fingerprint density at radius 3 is 2.29 bits per heavy atom. The van der Waals surface area contributed by atoms with Crippen molar-refractivity contribution in [2.24, 2.45) is 0 Å². The highest BCUT2D eigenvalue weighted by atomic mass is 127. The number of nitrogens with one attached hydrogen (secondary N) is 1. The summed E-state index contributed by atoms with van der Waals surface area (Å²) in [6.45, 7) is 9.45. The third-order valence-corrected chi connectivity index (χ3v) is 4.41. The lowest BCUT2D eigenvalue weighted by molar-refractivity contribution is 0.943. The Balaban J connectivity index is 2.52. The number of hydrogen-bond donors (Lipinski definition) is 1. The summed E-state index contributed by atoms with van der Waals surface area (Å²) in [5, 5.41) is 3.42. The summed E-state index contributed by atoms with van der Waals surface area (Å²) in [6, 6.07) is 6.48. The molecule has 2 aromatic rings. The van der Waals surface area contributed by atoms with Crippen molar-refractivity contribution in [1.29, 1.82) is 0 Å². The molecular formula is C17H22IN3. The second kappa shape index (κ2) is 7.20. The van der Waals surface area contributed by atoms with Gasteiger partial charge in [0.1, 0.15) is 5.82 Å². The molecule has 1 aromatic heterocycles. The van der Waals surface area contributed by atoms with Crippen LogP contribution in [-0.4, -0.2) is 16.5 Å². The van der Waals surface area contributed by atoms with Gasteiger partial charge in [-0.25, -0.2) is 9.97 Å². The fourth-order valence-corrected chi connectivity index (χ4v) is 3.13. The SMILES string of the molecule is CCCNc1nc(-c2cc(C)cc(C)c2)nc(CC)c1I. The molecule has 4 heteroatoms. The van der Waals surface area contributed by atoms with Gasteiger partial charge in [-0.05, 0) is 61.4 Å². The zero-order valence-corrected chi connectivity index (χ0v) is 15.3. The molecule has 0 amide bonds. The van der Waals surface area contributed by atoms with Crippen molar-refractivity contribution in [3.63, 3.8) is 0 Å². The predicted octanol–water partition coefficient (Wildman–Crippen LogP) is 4.75. The topological polar surface area (TPSA) is 37.8 Å². The molecule has 0 radical (unpaired) electrons. The first-order valence-corrected chi connectivity index (χ1v) is 8.52. The van der Waals surface area contributed by atoms with Crippen molar-refractivity contribution in [1.82, 2.24) is 9.97 Å². The molecule has 0 aliphatic rings. The first-order valence-electron chi connectivity index (χ1n) is 7.44. The van der Waals surface area contributed by atoms with E-state index in [1.165, 1.54) is 11.1 Å². The molecule has 0 bridgehead atoms. The van der Waals surface area contributed by atoms with Gasteiger partial charge in [-0.2, -0.15) is 0 Å². The molecule has 0 unspecified atom stereocenters. The molecule has 0 aliphatic carbocycles. The lowest BCUT2D eigenvalue weighted by Gasteiger charge is -2.12. The summed E-state index contributed by atoms with van der Waals surface area (Å²) < 4.78 is 1.14. The molecule has 112 valence electrons. The number of aryl methyl sites for hydroxylation is 3. The number of rotatable bonds is 5. The van der Waals surface area contributed by atoms with E-state index in [4.69, 9.17) is 9.97 Å². The van der Waals surface area contributed by atoms with Crippen LogP contribution in [0.15, 0.2) is 18.2 Å². The molecule has 3 nitrogen and oxygen atoms in total. The average molecular weight is 395 g/mol. The van der Waals surface area contributed by atoms with E-state index in [0.717, 1.165) is 45.9 Å². The Kier molecular flexibility index (Phi) is 5.56. The average Bonchev–Trinajstić information content (AvgIpc) is 2.45. The molecular weight excluding hydrogens is 373 g/mol. The number of hydrogen-bond acceptors (Lipinski definition) is 3. The summed E-state index contributed by atoms with van der Waals surface area (Å²) in [5.41, 5.74) is 4.69. The minimum atomic E-state index is 0.817. The van der Waals surface area contributed by atoms with Gasteiger partial charge in [-0.15, -0.1) is 0 Å². The molecule has 1 aromatic carbocycles. The zero-order valence-electron chi connectivity index (χ0n) is 13.1. The Bertz CT molecular complexity index is 618. The van der Waals surface area contributed by atoms with Gasteiger partial charge in [0.2, 0.25) is 0 Å².